The lowest BCUT2D eigenvalue weighted by molar-refractivity contribution is 0.0689. The molecule has 0 saturated carbocycles. The van der Waals surface area contributed by atoms with Gasteiger partial charge in [0.15, 0.2) is 11.5 Å². The summed E-state index contributed by atoms with van der Waals surface area (Å²) in [6, 6.07) is 2.71. The Labute approximate surface area is 94.7 Å². The summed E-state index contributed by atoms with van der Waals surface area (Å²) < 4.78 is 1.28. The van der Waals surface area contributed by atoms with Crippen LogP contribution in [0.15, 0.2) is 24.5 Å². The highest BCUT2D eigenvalue weighted by molar-refractivity contribution is 5.92. The maximum absolute atomic E-state index is 10.8. The number of aromatic nitrogens is 4. The van der Waals surface area contributed by atoms with E-state index in [-0.39, 0.29) is 11.3 Å². The van der Waals surface area contributed by atoms with E-state index in [0.29, 0.717) is 5.82 Å². The second kappa shape index (κ2) is 4.00. The topological polar surface area (TPSA) is 124 Å². The summed E-state index contributed by atoms with van der Waals surface area (Å²) in [6.45, 7) is 0. The van der Waals surface area contributed by atoms with Crippen LogP contribution >= 0.6 is 0 Å². The smallest absolute Gasteiger partial charge is 0.356 e. The average molecular weight is 233 g/mol. The van der Waals surface area contributed by atoms with Crippen molar-refractivity contribution in [3.05, 3.63) is 35.8 Å². The second-order valence-electron chi connectivity index (χ2n) is 3.12. The number of hydrogen-bond acceptors (Lipinski definition) is 5. The van der Waals surface area contributed by atoms with E-state index in [0.717, 1.165) is 0 Å². The summed E-state index contributed by atoms with van der Waals surface area (Å²) in [6.07, 6.45) is 2.67. The molecular weight excluding hydrogens is 226 g/mol. The van der Waals surface area contributed by atoms with E-state index in [2.05, 4.69) is 15.3 Å². The minimum Gasteiger partial charge on any atom is -0.476 e. The van der Waals surface area contributed by atoms with Crippen molar-refractivity contribution < 1.29 is 14.7 Å². The number of carboxylic acid groups (broad SMARTS) is 1. The molecule has 0 bridgehead atoms. The fourth-order valence-corrected chi connectivity index (χ4v) is 1.14. The molecule has 86 valence electrons. The normalized spacial score (nSPS) is 10.1. The highest BCUT2D eigenvalue weighted by Gasteiger charge is 2.08. The Bertz CT molecular complexity index is 575. The molecule has 0 saturated heterocycles. The maximum Gasteiger partial charge on any atom is 0.356 e. The first-order valence-corrected chi connectivity index (χ1v) is 4.50. The molecular formula is C9H7N5O3. The fourth-order valence-electron chi connectivity index (χ4n) is 1.14. The first-order chi connectivity index (χ1) is 8.08. The third-order valence-electron chi connectivity index (χ3n) is 1.97. The molecule has 0 atom stereocenters. The zero-order valence-corrected chi connectivity index (χ0v) is 8.44. The van der Waals surface area contributed by atoms with Crippen molar-refractivity contribution in [1.82, 2.24) is 20.0 Å². The number of carboxylic acids is 1. The van der Waals surface area contributed by atoms with Crippen molar-refractivity contribution in [2.45, 2.75) is 0 Å². The van der Waals surface area contributed by atoms with Crippen LogP contribution < -0.4 is 5.73 Å². The molecule has 2 aromatic rings. The van der Waals surface area contributed by atoms with Crippen molar-refractivity contribution in [3.8, 4) is 5.82 Å². The maximum atomic E-state index is 10.8. The predicted molar refractivity (Wildman–Crippen MR) is 54.6 cm³/mol. The molecule has 8 heteroatoms. The van der Waals surface area contributed by atoms with E-state index in [1.165, 1.54) is 29.2 Å². The number of aromatic carboxylic acids is 1. The van der Waals surface area contributed by atoms with Gasteiger partial charge in [-0.05, 0) is 12.1 Å². The number of amides is 1. The third-order valence-corrected chi connectivity index (χ3v) is 1.97. The number of carbonyl (C=O) groups is 2. The van der Waals surface area contributed by atoms with Gasteiger partial charge in [0.25, 0.3) is 5.91 Å². The van der Waals surface area contributed by atoms with Crippen molar-refractivity contribution >= 4 is 11.9 Å². The highest BCUT2D eigenvalue weighted by Crippen LogP contribution is 2.04. The molecule has 0 radical (unpaired) electrons. The van der Waals surface area contributed by atoms with E-state index < -0.39 is 11.9 Å². The highest BCUT2D eigenvalue weighted by atomic mass is 16.4. The molecule has 0 fully saturated rings. The number of nitrogens with zero attached hydrogens (tertiary/aromatic N) is 4. The van der Waals surface area contributed by atoms with Gasteiger partial charge in [0.05, 0.1) is 11.8 Å². The van der Waals surface area contributed by atoms with Crippen molar-refractivity contribution in [2.75, 3.05) is 0 Å². The molecule has 17 heavy (non-hydrogen) atoms. The molecule has 0 unspecified atom stereocenters. The van der Waals surface area contributed by atoms with Gasteiger partial charge in [0, 0.05) is 6.20 Å². The Morgan fingerprint density at radius 2 is 2.06 bits per heavy atom. The molecule has 0 aliphatic rings. The number of rotatable bonds is 3. The van der Waals surface area contributed by atoms with Gasteiger partial charge < -0.3 is 10.8 Å². The SMILES string of the molecule is NC(=O)c1cnn(-c2ccc(C(=O)O)nn2)c1. The third kappa shape index (κ3) is 2.09. The fraction of sp³-hybridized carbons (Fsp3) is 0. The standard InChI is InChI=1S/C9H7N5O3/c10-8(15)5-3-11-14(4-5)7-2-1-6(9(16)17)12-13-7/h1-4H,(H2,10,15)(H,16,17). The molecule has 2 heterocycles. The Morgan fingerprint density at radius 3 is 2.53 bits per heavy atom. The molecule has 2 rings (SSSR count). The summed E-state index contributed by atoms with van der Waals surface area (Å²) in [5, 5.41) is 19.6. The molecule has 0 aromatic carbocycles. The van der Waals surface area contributed by atoms with Gasteiger partial charge in [-0.3, -0.25) is 4.79 Å². The second-order valence-corrected chi connectivity index (χ2v) is 3.12. The van der Waals surface area contributed by atoms with Crippen LogP contribution in [0.25, 0.3) is 5.82 Å². The van der Waals surface area contributed by atoms with Crippen LogP contribution in [0.2, 0.25) is 0 Å². The molecule has 2 aromatic heterocycles. The van der Waals surface area contributed by atoms with Gasteiger partial charge in [-0.2, -0.15) is 5.10 Å². The van der Waals surface area contributed by atoms with Crippen LogP contribution in [0.1, 0.15) is 20.8 Å². The molecule has 0 aliphatic heterocycles. The number of hydrogen-bond donors (Lipinski definition) is 2. The van der Waals surface area contributed by atoms with Crippen LogP contribution in [0.5, 0.6) is 0 Å². The molecule has 0 spiro atoms. The van der Waals surface area contributed by atoms with E-state index in [4.69, 9.17) is 10.8 Å². The predicted octanol–water partition coefficient (Wildman–Crippen LogP) is -0.541. The summed E-state index contributed by atoms with van der Waals surface area (Å²) in [5.41, 5.74) is 5.12. The van der Waals surface area contributed by atoms with E-state index in [1.54, 1.807) is 0 Å². The van der Waals surface area contributed by atoms with E-state index in [1.807, 2.05) is 0 Å². The Balaban J connectivity index is 2.33. The van der Waals surface area contributed by atoms with Gasteiger partial charge >= 0.3 is 5.97 Å². The minimum atomic E-state index is -1.16. The van der Waals surface area contributed by atoms with Crippen LogP contribution in [0, 0.1) is 0 Å². The van der Waals surface area contributed by atoms with E-state index in [9.17, 15) is 9.59 Å². The van der Waals surface area contributed by atoms with Crippen LogP contribution in [0.3, 0.4) is 0 Å². The Hall–Kier alpha value is -2.77. The van der Waals surface area contributed by atoms with Crippen molar-refractivity contribution in [1.29, 1.82) is 0 Å². The minimum absolute atomic E-state index is 0.170. The van der Waals surface area contributed by atoms with Gasteiger partial charge in [0.2, 0.25) is 0 Å². The zero-order chi connectivity index (χ0) is 12.4. The lowest BCUT2D eigenvalue weighted by atomic mass is 10.3. The van der Waals surface area contributed by atoms with Crippen LogP contribution in [0.4, 0.5) is 0 Å². The molecule has 0 aliphatic carbocycles. The van der Waals surface area contributed by atoms with Crippen molar-refractivity contribution in [3.63, 3.8) is 0 Å². The number of primary amides is 1. The zero-order valence-electron chi connectivity index (χ0n) is 8.44. The van der Waals surface area contributed by atoms with Gasteiger partial charge in [-0.15, -0.1) is 10.2 Å². The largest absolute Gasteiger partial charge is 0.476 e. The average Bonchev–Trinajstić information content (AvgIpc) is 2.78. The molecule has 8 nitrogen and oxygen atoms in total. The lowest BCUT2D eigenvalue weighted by Crippen LogP contribution is -2.09. The van der Waals surface area contributed by atoms with Crippen LogP contribution in [-0.4, -0.2) is 37.0 Å². The van der Waals surface area contributed by atoms with Gasteiger partial charge in [-0.1, -0.05) is 0 Å². The summed E-state index contributed by atoms with van der Waals surface area (Å²) in [5.74, 6) is -1.48. The quantitative estimate of drug-likeness (QED) is 0.733. The summed E-state index contributed by atoms with van der Waals surface area (Å²) in [4.78, 5) is 21.4. The number of carbonyl (C=O) groups excluding carboxylic acids is 1. The summed E-state index contributed by atoms with van der Waals surface area (Å²) >= 11 is 0. The first kappa shape index (κ1) is 10.7. The monoisotopic (exact) mass is 233 g/mol. The van der Waals surface area contributed by atoms with Crippen LogP contribution in [-0.2, 0) is 0 Å². The van der Waals surface area contributed by atoms with Crippen molar-refractivity contribution in [2.24, 2.45) is 5.73 Å². The Morgan fingerprint density at radius 1 is 1.29 bits per heavy atom. The van der Waals surface area contributed by atoms with Gasteiger partial charge in [-0.25, -0.2) is 9.48 Å². The first-order valence-electron chi connectivity index (χ1n) is 4.50. The van der Waals surface area contributed by atoms with E-state index >= 15 is 0 Å². The number of nitrogens with two attached hydrogens (primary N) is 1. The lowest BCUT2D eigenvalue weighted by Gasteiger charge is -1.98. The molecule has 3 N–H and O–H groups in total. The molecule has 1 amide bonds. The summed E-state index contributed by atoms with van der Waals surface area (Å²) in [7, 11) is 0. The Kier molecular flexibility index (Phi) is 2.53. The van der Waals surface area contributed by atoms with Gasteiger partial charge in [0.1, 0.15) is 0 Å².